The van der Waals surface area contributed by atoms with Gasteiger partial charge in [-0.2, -0.15) is 0 Å². The predicted molar refractivity (Wildman–Crippen MR) is 84.3 cm³/mol. The Labute approximate surface area is 125 Å². The molecule has 3 rings (SSSR count). The van der Waals surface area contributed by atoms with Gasteiger partial charge in [-0.1, -0.05) is 18.2 Å². The molecule has 0 radical (unpaired) electrons. The summed E-state index contributed by atoms with van der Waals surface area (Å²) < 4.78 is 0. The van der Waals surface area contributed by atoms with Gasteiger partial charge in [0.1, 0.15) is 0 Å². The summed E-state index contributed by atoms with van der Waals surface area (Å²) >= 11 is 0. The van der Waals surface area contributed by atoms with Crippen LogP contribution in [0.15, 0.2) is 30.3 Å². The summed E-state index contributed by atoms with van der Waals surface area (Å²) in [5.74, 6) is 0.548. The van der Waals surface area contributed by atoms with Crippen LogP contribution in [-0.4, -0.2) is 35.4 Å². The average molecular weight is 283 g/mol. The molecular formula is C17H21N3O. The van der Waals surface area contributed by atoms with Gasteiger partial charge in [0.15, 0.2) is 0 Å². The lowest BCUT2D eigenvalue weighted by atomic mass is 10.0. The summed E-state index contributed by atoms with van der Waals surface area (Å²) in [7, 11) is 1.81. The number of benzene rings is 1. The van der Waals surface area contributed by atoms with E-state index >= 15 is 0 Å². The molecule has 1 fully saturated rings. The molecule has 4 nitrogen and oxygen atoms in total. The Morgan fingerprint density at radius 1 is 1.43 bits per heavy atom. The van der Waals surface area contributed by atoms with Gasteiger partial charge in [-0.25, -0.2) is 0 Å². The first-order valence-electron chi connectivity index (χ1n) is 7.48. The minimum Gasteiger partial charge on any atom is -0.338 e. The van der Waals surface area contributed by atoms with Crippen molar-refractivity contribution in [2.24, 2.45) is 5.73 Å². The van der Waals surface area contributed by atoms with Crippen molar-refractivity contribution in [3.63, 3.8) is 0 Å². The molecule has 1 saturated carbocycles. The molecule has 1 aliphatic rings. The summed E-state index contributed by atoms with van der Waals surface area (Å²) in [6.07, 6.45) is 2.35. The molecule has 1 unspecified atom stereocenters. The van der Waals surface area contributed by atoms with Crippen LogP contribution in [0.2, 0.25) is 0 Å². The molecule has 1 atom stereocenters. The predicted octanol–water partition coefficient (Wildman–Crippen LogP) is 2.53. The smallest absolute Gasteiger partial charge is 0.254 e. The zero-order valence-electron chi connectivity index (χ0n) is 12.5. The van der Waals surface area contributed by atoms with Gasteiger partial charge in [0, 0.05) is 36.6 Å². The van der Waals surface area contributed by atoms with Gasteiger partial charge in [0.05, 0.1) is 11.1 Å². The summed E-state index contributed by atoms with van der Waals surface area (Å²) in [6.45, 7) is 2.42. The fourth-order valence-corrected chi connectivity index (χ4v) is 2.51. The molecule has 2 N–H and O–H groups in total. The van der Waals surface area contributed by atoms with E-state index in [1.165, 1.54) is 12.8 Å². The van der Waals surface area contributed by atoms with Gasteiger partial charge < -0.3 is 10.6 Å². The van der Waals surface area contributed by atoms with Crippen molar-refractivity contribution in [1.82, 2.24) is 9.88 Å². The van der Waals surface area contributed by atoms with Crippen LogP contribution >= 0.6 is 0 Å². The van der Waals surface area contributed by atoms with Gasteiger partial charge in [0.25, 0.3) is 5.91 Å². The highest BCUT2D eigenvalue weighted by Crippen LogP contribution is 2.40. The highest BCUT2D eigenvalue weighted by molar-refractivity contribution is 6.06. The molecule has 110 valence electrons. The average Bonchev–Trinajstić information content (AvgIpc) is 3.36. The van der Waals surface area contributed by atoms with E-state index in [4.69, 9.17) is 10.7 Å². The monoisotopic (exact) mass is 283 g/mol. The van der Waals surface area contributed by atoms with Crippen LogP contribution in [0.25, 0.3) is 10.9 Å². The van der Waals surface area contributed by atoms with Crippen LogP contribution in [0.3, 0.4) is 0 Å². The van der Waals surface area contributed by atoms with Crippen molar-refractivity contribution in [3.8, 4) is 0 Å². The number of nitrogens with zero attached hydrogens (tertiary/aromatic N) is 2. The largest absolute Gasteiger partial charge is 0.338 e. The number of fused-ring (bicyclic) bond motifs is 1. The molecule has 0 aliphatic heterocycles. The highest BCUT2D eigenvalue weighted by atomic mass is 16.2. The minimum absolute atomic E-state index is 0.0217. The zero-order chi connectivity index (χ0) is 15.0. The second-order valence-electron chi connectivity index (χ2n) is 5.89. The minimum atomic E-state index is 0.0217. The van der Waals surface area contributed by atoms with Gasteiger partial charge in [-0.05, 0) is 31.9 Å². The van der Waals surface area contributed by atoms with E-state index in [0.29, 0.717) is 12.5 Å². The van der Waals surface area contributed by atoms with E-state index < -0.39 is 0 Å². The number of carbonyl (C=O) groups excluding carboxylic acids is 1. The molecule has 0 bridgehead atoms. The Morgan fingerprint density at radius 3 is 2.81 bits per heavy atom. The molecule has 1 amide bonds. The third-order valence-electron chi connectivity index (χ3n) is 4.28. The summed E-state index contributed by atoms with van der Waals surface area (Å²) in [4.78, 5) is 19.2. The van der Waals surface area contributed by atoms with E-state index in [-0.39, 0.29) is 11.9 Å². The summed E-state index contributed by atoms with van der Waals surface area (Å²) in [5.41, 5.74) is 8.37. The van der Waals surface area contributed by atoms with Crippen molar-refractivity contribution in [2.45, 2.75) is 31.7 Å². The van der Waals surface area contributed by atoms with Crippen molar-refractivity contribution in [2.75, 3.05) is 13.6 Å². The molecule has 1 heterocycles. The van der Waals surface area contributed by atoms with E-state index in [9.17, 15) is 4.79 Å². The summed E-state index contributed by atoms with van der Waals surface area (Å²) in [6, 6.07) is 9.85. The number of hydrogen-bond acceptors (Lipinski definition) is 3. The quantitative estimate of drug-likeness (QED) is 0.938. The maximum Gasteiger partial charge on any atom is 0.254 e. The Bertz CT molecular complexity index is 679. The van der Waals surface area contributed by atoms with Crippen LogP contribution in [0, 0.1) is 0 Å². The maximum absolute atomic E-state index is 12.8. The highest BCUT2D eigenvalue weighted by Gasteiger charge is 2.28. The topological polar surface area (TPSA) is 59.2 Å². The molecule has 4 heteroatoms. The van der Waals surface area contributed by atoms with Crippen molar-refractivity contribution < 1.29 is 4.79 Å². The number of para-hydroxylation sites is 1. The van der Waals surface area contributed by atoms with Gasteiger partial charge in [-0.3, -0.25) is 9.78 Å². The number of rotatable bonds is 4. The fourth-order valence-electron chi connectivity index (χ4n) is 2.51. The number of likely N-dealkylation sites (N-methyl/N-ethyl adjacent to an activating group) is 1. The Balaban J connectivity index is 2.09. The normalized spacial score (nSPS) is 16.0. The van der Waals surface area contributed by atoms with Gasteiger partial charge >= 0.3 is 0 Å². The first-order valence-corrected chi connectivity index (χ1v) is 7.48. The Kier molecular flexibility index (Phi) is 3.64. The number of pyridine rings is 1. The fraction of sp³-hybridized carbons (Fsp3) is 0.412. The van der Waals surface area contributed by atoms with Crippen LogP contribution in [-0.2, 0) is 0 Å². The number of amides is 1. The lowest BCUT2D eigenvalue weighted by Crippen LogP contribution is -2.39. The lowest BCUT2D eigenvalue weighted by molar-refractivity contribution is 0.0750. The molecule has 1 aliphatic carbocycles. The van der Waals surface area contributed by atoms with E-state index in [1.807, 2.05) is 44.3 Å². The standard InChI is InChI=1S/C17H21N3O/c1-11(10-18)20(2)17(21)14-9-16(12-7-8-12)19-15-6-4-3-5-13(14)15/h3-6,9,11-12H,7-8,10,18H2,1-2H3. The SMILES string of the molecule is CC(CN)N(C)C(=O)c1cc(C2CC2)nc2ccccc12. The molecular weight excluding hydrogens is 262 g/mol. The molecule has 0 saturated heterocycles. The number of carbonyl (C=O) groups is 1. The molecule has 1 aromatic carbocycles. The molecule has 2 aromatic rings. The van der Waals surface area contributed by atoms with E-state index in [0.717, 1.165) is 22.2 Å². The molecule has 21 heavy (non-hydrogen) atoms. The van der Waals surface area contributed by atoms with E-state index in [2.05, 4.69) is 0 Å². The first kappa shape index (κ1) is 14.0. The summed E-state index contributed by atoms with van der Waals surface area (Å²) in [5, 5.41) is 0.919. The van der Waals surface area contributed by atoms with Crippen LogP contribution in [0.4, 0.5) is 0 Å². The van der Waals surface area contributed by atoms with Crippen molar-refractivity contribution >= 4 is 16.8 Å². The van der Waals surface area contributed by atoms with E-state index in [1.54, 1.807) is 4.90 Å². The number of hydrogen-bond donors (Lipinski definition) is 1. The Hall–Kier alpha value is -1.94. The number of aromatic nitrogens is 1. The van der Waals surface area contributed by atoms with Crippen LogP contribution < -0.4 is 5.73 Å². The van der Waals surface area contributed by atoms with Gasteiger partial charge in [-0.15, -0.1) is 0 Å². The van der Waals surface area contributed by atoms with Gasteiger partial charge in [0.2, 0.25) is 0 Å². The molecule has 0 spiro atoms. The third-order valence-corrected chi connectivity index (χ3v) is 4.28. The third kappa shape index (κ3) is 2.63. The number of nitrogens with two attached hydrogens (primary N) is 1. The van der Waals surface area contributed by atoms with Crippen molar-refractivity contribution in [3.05, 3.63) is 41.6 Å². The van der Waals surface area contributed by atoms with Crippen LogP contribution in [0.5, 0.6) is 0 Å². The lowest BCUT2D eigenvalue weighted by Gasteiger charge is -2.24. The van der Waals surface area contributed by atoms with Crippen LogP contribution in [0.1, 0.15) is 41.7 Å². The second-order valence-corrected chi connectivity index (χ2v) is 5.89. The van der Waals surface area contributed by atoms with Crippen molar-refractivity contribution in [1.29, 1.82) is 0 Å². The Morgan fingerprint density at radius 2 is 2.14 bits per heavy atom. The second kappa shape index (κ2) is 5.45. The molecule has 1 aromatic heterocycles. The first-order chi connectivity index (χ1) is 10.1. The zero-order valence-corrected chi connectivity index (χ0v) is 12.5. The maximum atomic E-state index is 12.8.